The third kappa shape index (κ3) is 3.33. The Morgan fingerprint density at radius 2 is 2.22 bits per heavy atom. The second-order valence-corrected chi connectivity index (χ2v) is 3.96. The number of anilines is 2. The molecule has 0 spiro atoms. The normalized spacial score (nSPS) is 10.4. The minimum absolute atomic E-state index is 0.244. The van der Waals surface area contributed by atoms with Crippen LogP contribution in [0.2, 0.25) is 0 Å². The summed E-state index contributed by atoms with van der Waals surface area (Å²) in [4.78, 5) is 12.5. The van der Waals surface area contributed by atoms with Crippen molar-refractivity contribution < 1.29 is 19.0 Å². The highest BCUT2D eigenvalue weighted by Gasteiger charge is 2.15. The predicted octanol–water partition coefficient (Wildman–Crippen LogP) is 1.58. The van der Waals surface area contributed by atoms with Crippen LogP contribution >= 0.6 is 0 Å². The van der Waals surface area contributed by atoms with E-state index in [0.717, 1.165) is 18.6 Å². The molecular formula is C12H17FN2O3. The van der Waals surface area contributed by atoms with Gasteiger partial charge in [-0.05, 0) is 12.5 Å². The molecule has 0 heterocycles. The van der Waals surface area contributed by atoms with Crippen LogP contribution in [-0.4, -0.2) is 38.4 Å². The Balaban J connectivity index is 2.90. The molecule has 0 aliphatic rings. The molecule has 0 fully saturated rings. The number of rotatable bonds is 6. The van der Waals surface area contributed by atoms with Gasteiger partial charge in [-0.2, -0.15) is 0 Å². The zero-order chi connectivity index (χ0) is 13.7. The monoisotopic (exact) mass is 256 g/mol. The summed E-state index contributed by atoms with van der Waals surface area (Å²) >= 11 is 0. The first-order valence-electron chi connectivity index (χ1n) is 5.49. The molecule has 0 aromatic heterocycles. The third-order valence-corrected chi connectivity index (χ3v) is 2.60. The standard InChI is InChI=1S/C12H17FN2O3/c1-15(4-3-5-18-2)11-7-9(13)8(12(16)17)6-10(11)14/h6-7H,3-5,14H2,1-2H3,(H,16,17). The van der Waals surface area contributed by atoms with Gasteiger partial charge in [0.1, 0.15) is 5.82 Å². The minimum atomic E-state index is -1.33. The number of ether oxygens (including phenoxy) is 1. The van der Waals surface area contributed by atoms with Gasteiger partial charge in [0.05, 0.1) is 16.9 Å². The number of methoxy groups -OCH3 is 1. The molecule has 3 N–H and O–H groups in total. The fourth-order valence-corrected chi connectivity index (χ4v) is 1.64. The molecule has 100 valence electrons. The van der Waals surface area contributed by atoms with Crippen molar-refractivity contribution in [2.24, 2.45) is 0 Å². The molecule has 1 aromatic rings. The predicted molar refractivity (Wildman–Crippen MR) is 67.5 cm³/mol. The summed E-state index contributed by atoms with van der Waals surface area (Å²) in [5, 5.41) is 8.77. The summed E-state index contributed by atoms with van der Waals surface area (Å²) in [5.41, 5.74) is 6.04. The van der Waals surface area contributed by atoms with E-state index in [2.05, 4.69) is 0 Å². The van der Waals surface area contributed by atoms with Gasteiger partial charge in [0, 0.05) is 33.4 Å². The van der Waals surface area contributed by atoms with E-state index in [1.807, 2.05) is 0 Å². The van der Waals surface area contributed by atoms with E-state index in [4.69, 9.17) is 15.6 Å². The Labute approximate surface area is 105 Å². The smallest absolute Gasteiger partial charge is 0.338 e. The fourth-order valence-electron chi connectivity index (χ4n) is 1.64. The van der Waals surface area contributed by atoms with E-state index in [1.165, 1.54) is 0 Å². The maximum atomic E-state index is 13.5. The van der Waals surface area contributed by atoms with Crippen molar-refractivity contribution in [2.45, 2.75) is 6.42 Å². The summed E-state index contributed by atoms with van der Waals surface area (Å²) in [6.45, 7) is 1.24. The first-order chi connectivity index (χ1) is 8.47. The quantitative estimate of drug-likeness (QED) is 0.597. The average Bonchev–Trinajstić information content (AvgIpc) is 2.31. The first kappa shape index (κ1) is 14.2. The van der Waals surface area contributed by atoms with E-state index in [0.29, 0.717) is 18.8 Å². The number of benzene rings is 1. The van der Waals surface area contributed by atoms with Crippen LogP contribution in [0.3, 0.4) is 0 Å². The number of nitrogens with two attached hydrogens (primary N) is 1. The highest BCUT2D eigenvalue weighted by molar-refractivity contribution is 5.90. The van der Waals surface area contributed by atoms with Crippen molar-refractivity contribution in [3.05, 3.63) is 23.5 Å². The molecular weight excluding hydrogens is 239 g/mol. The SMILES string of the molecule is COCCCN(C)c1cc(F)c(C(=O)O)cc1N. The van der Waals surface area contributed by atoms with E-state index in [1.54, 1.807) is 19.1 Å². The molecule has 0 radical (unpaired) electrons. The number of aromatic carboxylic acids is 1. The highest BCUT2D eigenvalue weighted by Crippen LogP contribution is 2.26. The van der Waals surface area contributed by atoms with Crippen LogP contribution in [0.4, 0.5) is 15.8 Å². The second kappa shape index (κ2) is 6.20. The van der Waals surface area contributed by atoms with Gasteiger partial charge in [0.15, 0.2) is 0 Å². The lowest BCUT2D eigenvalue weighted by atomic mass is 10.1. The fraction of sp³-hybridized carbons (Fsp3) is 0.417. The van der Waals surface area contributed by atoms with Crippen molar-refractivity contribution >= 4 is 17.3 Å². The molecule has 0 saturated heterocycles. The zero-order valence-electron chi connectivity index (χ0n) is 10.4. The van der Waals surface area contributed by atoms with E-state index < -0.39 is 17.3 Å². The number of hydrogen-bond donors (Lipinski definition) is 2. The molecule has 0 bridgehead atoms. The lowest BCUT2D eigenvalue weighted by Crippen LogP contribution is -2.21. The molecule has 0 atom stereocenters. The summed E-state index contributed by atoms with van der Waals surface area (Å²) in [7, 11) is 3.37. The van der Waals surface area contributed by atoms with Crippen molar-refractivity contribution in [1.82, 2.24) is 0 Å². The lowest BCUT2D eigenvalue weighted by molar-refractivity contribution is 0.0692. The van der Waals surface area contributed by atoms with Crippen molar-refractivity contribution in [1.29, 1.82) is 0 Å². The van der Waals surface area contributed by atoms with Gasteiger partial charge in [-0.15, -0.1) is 0 Å². The van der Waals surface area contributed by atoms with Crippen LogP contribution in [0.5, 0.6) is 0 Å². The van der Waals surface area contributed by atoms with E-state index in [9.17, 15) is 9.18 Å². The number of nitrogen functional groups attached to an aromatic ring is 1. The highest BCUT2D eigenvalue weighted by atomic mass is 19.1. The first-order valence-corrected chi connectivity index (χ1v) is 5.49. The number of carboxylic acids is 1. The molecule has 18 heavy (non-hydrogen) atoms. The maximum absolute atomic E-state index is 13.5. The largest absolute Gasteiger partial charge is 0.478 e. The zero-order valence-corrected chi connectivity index (χ0v) is 10.4. The Hall–Kier alpha value is -1.82. The third-order valence-electron chi connectivity index (χ3n) is 2.60. The van der Waals surface area contributed by atoms with E-state index in [-0.39, 0.29) is 5.69 Å². The Morgan fingerprint density at radius 3 is 2.78 bits per heavy atom. The van der Waals surface area contributed by atoms with Crippen LogP contribution < -0.4 is 10.6 Å². The van der Waals surface area contributed by atoms with Crippen molar-refractivity contribution in [2.75, 3.05) is 37.9 Å². The second-order valence-electron chi connectivity index (χ2n) is 3.96. The number of halogens is 1. The van der Waals surface area contributed by atoms with Gasteiger partial charge >= 0.3 is 5.97 Å². The number of nitrogens with zero attached hydrogens (tertiary/aromatic N) is 1. The Bertz CT molecular complexity index is 438. The Kier molecular flexibility index (Phi) is 4.91. The number of carbonyl (C=O) groups is 1. The summed E-state index contributed by atoms with van der Waals surface area (Å²) < 4.78 is 18.5. The molecule has 5 nitrogen and oxygen atoms in total. The van der Waals surface area contributed by atoms with Crippen LogP contribution in [0.25, 0.3) is 0 Å². The van der Waals surface area contributed by atoms with Gasteiger partial charge in [-0.1, -0.05) is 0 Å². The molecule has 0 aliphatic carbocycles. The Morgan fingerprint density at radius 1 is 1.56 bits per heavy atom. The number of hydrogen-bond acceptors (Lipinski definition) is 4. The topological polar surface area (TPSA) is 75.8 Å². The van der Waals surface area contributed by atoms with Gasteiger partial charge < -0.3 is 20.5 Å². The van der Waals surface area contributed by atoms with Crippen molar-refractivity contribution in [3.63, 3.8) is 0 Å². The average molecular weight is 256 g/mol. The maximum Gasteiger partial charge on any atom is 0.338 e. The molecule has 6 heteroatoms. The summed E-state index contributed by atoms with van der Waals surface area (Å²) in [6, 6.07) is 2.28. The molecule has 0 saturated carbocycles. The molecule has 0 aliphatic heterocycles. The minimum Gasteiger partial charge on any atom is -0.478 e. The molecule has 0 unspecified atom stereocenters. The van der Waals surface area contributed by atoms with Gasteiger partial charge in [-0.25, -0.2) is 9.18 Å². The summed E-state index contributed by atoms with van der Waals surface area (Å²) in [5.74, 6) is -2.11. The van der Waals surface area contributed by atoms with Crippen molar-refractivity contribution in [3.8, 4) is 0 Å². The summed E-state index contributed by atoms with van der Waals surface area (Å²) in [6.07, 6.45) is 0.773. The van der Waals surface area contributed by atoms with Crippen LogP contribution in [0.15, 0.2) is 12.1 Å². The van der Waals surface area contributed by atoms with Gasteiger partial charge in [0.25, 0.3) is 0 Å². The number of carboxylic acid groups (broad SMARTS) is 1. The van der Waals surface area contributed by atoms with Crippen LogP contribution in [0, 0.1) is 5.82 Å². The van der Waals surface area contributed by atoms with Gasteiger partial charge in [-0.3, -0.25) is 0 Å². The molecule has 1 aromatic carbocycles. The van der Waals surface area contributed by atoms with Crippen LogP contribution in [-0.2, 0) is 4.74 Å². The van der Waals surface area contributed by atoms with Gasteiger partial charge in [0.2, 0.25) is 0 Å². The molecule has 1 rings (SSSR count). The van der Waals surface area contributed by atoms with E-state index >= 15 is 0 Å². The van der Waals surface area contributed by atoms with Crippen LogP contribution in [0.1, 0.15) is 16.8 Å². The molecule has 0 amide bonds. The lowest BCUT2D eigenvalue weighted by Gasteiger charge is -2.21.